The molecule has 1 heterocycles. The number of allylic oxidation sites excluding steroid dienone is 2. The van der Waals surface area contributed by atoms with Gasteiger partial charge in [-0.25, -0.2) is 12.4 Å². The molecule has 0 saturated carbocycles. The number of aromatic nitrogens is 1. The summed E-state index contributed by atoms with van der Waals surface area (Å²) in [7, 11) is -3.82. The molecule has 1 aromatic heterocycles. The van der Waals surface area contributed by atoms with Crippen LogP contribution in [0.25, 0.3) is 0 Å². The van der Waals surface area contributed by atoms with Crippen LogP contribution in [0, 0.1) is 12.8 Å². The summed E-state index contributed by atoms with van der Waals surface area (Å²) in [4.78, 5) is 24.8. The number of nitrogens with zero attached hydrogens (tertiary/aromatic N) is 1. The van der Waals surface area contributed by atoms with E-state index in [2.05, 4.69) is 0 Å². The van der Waals surface area contributed by atoms with E-state index in [-0.39, 0.29) is 16.5 Å². The van der Waals surface area contributed by atoms with Crippen molar-refractivity contribution in [2.75, 3.05) is 0 Å². The number of ketones is 2. The minimum absolute atomic E-state index is 0.101. The molecule has 0 bridgehead atoms. The maximum absolute atomic E-state index is 13.1. The van der Waals surface area contributed by atoms with Crippen molar-refractivity contribution in [1.29, 1.82) is 0 Å². The SMILES string of the molecule is Cc1ccc(S(=O)(=O)n2ccc3c2[C@@H]2C(=O)C=CC(=O)[C@@H]2CC3)cc1. The number of benzene rings is 1. The Kier molecular flexibility index (Phi) is 3.54. The molecular weight excluding hydrogens is 338 g/mol. The Morgan fingerprint density at radius 2 is 1.68 bits per heavy atom. The fourth-order valence-electron chi connectivity index (χ4n) is 3.75. The summed E-state index contributed by atoms with van der Waals surface area (Å²) in [5, 5.41) is 0. The molecule has 5 nitrogen and oxygen atoms in total. The molecule has 0 amide bonds. The van der Waals surface area contributed by atoms with Gasteiger partial charge < -0.3 is 0 Å². The van der Waals surface area contributed by atoms with E-state index in [0.717, 1.165) is 11.1 Å². The van der Waals surface area contributed by atoms with Crippen LogP contribution in [0.5, 0.6) is 0 Å². The van der Waals surface area contributed by atoms with E-state index in [1.807, 2.05) is 6.92 Å². The number of fused-ring (bicyclic) bond motifs is 3. The van der Waals surface area contributed by atoms with E-state index < -0.39 is 21.9 Å². The van der Waals surface area contributed by atoms with Crippen molar-refractivity contribution in [3.8, 4) is 0 Å². The number of carbonyl (C=O) groups is 2. The van der Waals surface area contributed by atoms with E-state index >= 15 is 0 Å². The lowest BCUT2D eigenvalue weighted by atomic mass is 9.72. The van der Waals surface area contributed by atoms with Crippen molar-refractivity contribution in [3.05, 3.63) is 65.5 Å². The first-order valence-electron chi connectivity index (χ1n) is 8.18. The fourth-order valence-corrected chi connectivity index (χ4v) is 5.16. The Hall–Kier alpha value is -2.47. The van der Waals surface area contributed by atoms with Crippen LogP contribution in [0.15, 0.2) is 53.6 Å². The predicted octanol–water partition coefficient (Wildman–Crippen LogP) is 2.39. The third kappa shape index (κ3) is 2.40. The molecule has 2 atom stereocenters. The smallest absolute Gasteiger partial charge is 0.267 e. The summed E-state index contributed by atoms with van der Waals surface area (Å²) in [5.41, 5.74) is 2.24. The predicted molar refractivity (Wildman–Crippen MR) is 91.9 cm³/mol. The monoisotopic (exact) mass is 355 g/mol. The molecule has 1 aromatic carbocycles. The Labute approximate surface area is 146 Å². The van der Waals surface area contributed by atoms with Crippen molar-refractivity contribution in [2.45, 2.75) is 30.6 Å². The Balaban J connectivity index is 1.89. The van der Waals surface area contributed by atoms with Crippen molar-refractivity contribution in [1.82, 2.24) is 3.97 Å². The first kappa shape index (κ1) is 16.0. The van der Waals surface area contributed by atoms with Gasteiger partial charge in [0.15, 0.2) is 11.6 Å². The van der Waals surface area contributed by atoms with Gasteiger partial charge in [-0.15, -0.1) is 0 Å². The number of aryl methyl sites for hydroxylation is 2. The van der Waals surface area contributed by atoms with Crippen molar-refractivity contribution >= 4 is 21.6 Å². The summed E-state index contributed by atoms with van der Waals surface area (Å²) < 4.78 is 27.4. The molecule has 0 aliphatic heterocycles. The van der Waals surface area contributed by atoms with Crippen LogP contribution < -0.4 is 0 Å². The summed E-state index contributed by atoms with van der Waals surface area (Å²) in [6, 6.07) is 8.34. The lowest BCUT2D eigenvalue weighted by molar-refractivity contribution is -0.126. The molecule has 4 rings (SSSR count). The molecule has 128 valence electrons. The topological polar surface area (TPSA) is 73.2 Å². The number of hydrogen-bond acceptors (Lipinski definition) is 4. The Morgan fingerprint density at radius 1 is 1.00 bits per heavy atom. The molecule has 2 aliphatic rings. The summed E-state index contributed by atoms with van der Waals surface area (Å²) in [6.07, 6.45) is 5.25. The van der Waals surface area contributed by atoms with Gasteiger partial charge in [0, 0.05) is 17.8 Å². The first-order chi connectivity index (χ1) is 11.9. The molecule has 0 radical (unpaired) electrons. The lowest BCUT2D eigenvalue weighted by Gasteiger charge is -2.32. The quantitative estimate of drug-likeness (QED) is 0.829. The Bertz CT molecular complexity index is 1010. The maximum Gasteiger partial charge on any atom is 0.267 e. The van der Waals surface area contributed by atoms with Crippen LogP contribution in [0.3, 0.4) is 0 Å². The van der Waals surface area contributed by atoms with Gasteiger partial charge in [-0.1, -0.05) is 17.7 Å². The van der Waals surface area contributed by atoms with Crippen LogP contribution in [-0.4, -0.2) is 24.0 Å². The molecule has 0 fully saturated rings. The van der Waals surface area contributed by atoms with E-state index in [0.29, 0.717) is 18.5 Å². The molecule has 0 saturated heterocycles. The van der Waals surface area contributed by atoms with E-state index in [4.69, 9.17) is 0 Å². The number of rotatable bonds is 2. The van der Waals surface area contributed by atoms with Gasteiger partial charge in [-0.05, 0) is 55.7 Å². The van der Waals surface area contributed by atoms with Gasteiger partial charge in [-0.3, -0.25) is 9.59 Å². The molecule has 0 spiro atoms. The molecule has 2 aliphatic carbocycles. The second-order valence-corrected chi connectivity index (χ2v) is 8.42. The molecule has 0 N–H and O–H groups in total. The van der Waals surface area contributed by atoms with Crippen molar-refractivity contribution in [3.63, 3.8) is 0 Å². The molecule has 25 heavy (non-hydrogen) atoms. The second kappa shape index (κ2) is 5.52. The minimum atomic E-state index is -3.82. The highest BCUT2D eigenvalue weighted by Crippen LogP contribution is 2.41. The van der Waals surface area contributed by atoms with Crippen molar-refractivity contribution < 1.29 is 18.0 Å². The largest absolute Gasteiger partial charge is 0.295 e. The zero-order chi connectivity index (χ0) is 17.8. The Morgan fingerprint density at radius 3 is 2.40 bits per heavy atom. The molecule has 2 aromatic rings. The number of carbonyl (C=O) groups excluding carboxylic acids is 2. The third-order valence-corrected chi connectivity index (χ3v) is 6.77. The highest BCUT2D eigenvalue weighted by Gasteiger charge is 2.43. The van der Waals surface area contributed by atoms with Gasteiger partial charge in [0.1, 0.15) is 0 Å². The highest BCUT2D eigenvalue weighted by molar-refractivity contribution is 7.90. The maximum atomic E-state index is 13.1. The lowest BCUT2D eigenvalue weighted by Crippen LogP contribution is -2.36. The average Bonchev–Trinajstić information content (AvgIpc) is 3.03. The first-order valence-corrected chi connectivity index (χ1v) is 9.62. The van der Waals surface area contributed by atoms with Gasteiger partial charge >= 0.3 is 0 Å². The minimum Gasteiger partial charge on any atom is -0.295 e. The van der Waals surface area contributed by atoms with Gasteiger partial charge in [0.2, 0.25) is 0 Å². The van der Waals surface area contributed by atoms with Crippen LogP contribution >= 0.6 is 0 Å². The molecule has 6 heteroatoms. The molecular formula is C19H17NO4S. The normalized spacial score (nSPS) is 22.6. The second-order valence-electron chi connectivity index (χ2n) is 6.60. The van der Waals surface area contributed by atoms with Crippen LogP contribution in [0.2, 0.25) is 0 Å². The van der Waals surface area contributed by atoms with Crippen LogP contribution in [-0.2, 0) is 26.0 Å². The van der Waals surface area contributed by atoms with Gasteiger partial charge in [-0.2, -0.15) is 0 Å². The van der Waals surface area contributed by atoms with Crippen molar-refractivity contribution in [2.24, 2.45) is 5.92 Å². The number of hydrogen-bond donors (Lipinski definition) is 0. The van der Waals surface area contributed by atoms with Gasteiger partial charge in [0.05, 0.1) is 10.8 Å². The van der Waals surface area contributed by atoms with E-state index in [9.17, 15) is 18.0 Å². The van der Waals surface area contributed by atoms with Crippen LogP contribution in [0.4, 0.5) is 0 Å². The van der Waals surface area contributed by atoms with Gasteiger partial charge in [0.25, 0.3) is 10.0 Å². The highest BCUT2D eigenvalue weighted by atomic mass is 32.2. The molecule has 0 unspecified atom stereocenters. The summed E-state index contributed by atoms with van der Waals surface area (Å²) in [5.74, 6) is -1.48. The van der Waals surface area contributed by atoms with Crippen LogP contribution in [0.1, 0.15) is 29.2 Å². The zero-order valence-corrected chi connectivity index (χ0v) is 14.5. The fraction of sp³-hybridized carbons (Fsp3) is 0.263. The average molecular weight is 355 g/mol. The summed E-state index contributed by atoms with van der Waals surface area (Å²) in [6.45, 7) is 1.89. The van der Waals surface area contributed by atoms with E-state index in [1.54, 1.807) is 30.3 Å². The summed E-state index contributed by atoms with van der Waals surface area (Å²) >= 11 is 0. The third-order valence-electron chi connectivity index (χ3n) is 5.06. The zero-order valence-electron chi connectivity index (χ0n) is 13.7. The van der Waals surface area contributed by atoms with E-state index in [1.165, 1.54) is 22.3 Å². The standard InChI is InChI=1S/C19H17NO4S/c1-12-2-5-14(6-3-12)25(23,24)20-11-10-13-4-7-15-16(21)8-9-17(22)18(15)19(13)20/h2-3,5-6,8-11,15,18H,4,7H2,1H3/t15-,18-/m0/s1.